The van der Waals surface area contributed by atoms with Crippen LogP contribution in [0.25, 0.3) is 5.69 Å². The second kappa shape index (κ2) is 9.90. The molecular weight excluding hydrogens is 476 g/mol. The molecule has 0 radical (unpaired) electrons. The van der Waals surface area contributed by atoms with Crippen LogP contribution in [0.4, 0.5) is 0 Å². The van der Waals surface area contributed by atoms with Gasteiger partial charge >= 0.3 is 0 Å². The number of aromatic nitrogens is 1. The molecular formula is C27H26N4O4S. The standard InChI is InChI=1S/C27H26N4O4S/c1-19-17-21(20(2)31(19)24-13-15-25(16-14-24)36(28,34)35)18-29-30-26(32)27(33,22-9-5-3-6-10-22)23-11-7-4-8-12-23/h3-18,33H,1-2H3,(H,30,32)(H2,28,34,35)/b29-18-. The van der Waals surface area contributed by atoms with E-state index in [1.54, 1.807) is 60.7 Å². The van der Waals surface area contributed by atoms with Gasteiger partial charge in [0.25, 0.3) is 5.91 Å². The third-order valence-electron chi connectivity index (χ3n) is 5.98. The summed E-state index contributed by atoms with van der Waals surface area (Å²) in [6.45, 7) is 3.79. The van der Waals surface area contributed by atoms with Crippen molar-refractivity contribution < 1.29 is 18.3 Å². The average Bonchev–Trinajstić information content (AvgIpc) is 3.16. The molecule has 0 unspecified atom stereocenters. The van der Waals surface area contributed by atoms with Crippen molar-refractivity contribution in [2.24, 2.45) is 10.2 Å². The Balaban J connectivity index is 1.60. The molecule has 0 atom stereocenters. The number of hydrogen-bond donors (Lipinski definition) is 3. The van der Waals surface area contributed by atoms with E-state index in [0.29, 0.717) is 11.1 Å². The second-order valence-electron chi connectivity index (χ2n) is 8.34. The SMILES string of the molecule is Cc1cc(/C=N\NC(=O)C(O)(c2ccccc2)c2ccccc2)c(C)n1-c1ccc(S(N)(=O)=O)cc1. The highest BCUT2D eigenvalue weighted by Crippen LogP contribution is 2.30. The van der Waals surface area contributed by atoms with Gasteiger partial charge in [-0.25, -0.2) is 19.0 Å². The van der Waals surface area contributed by atoms with Gasteiger partial charge in [0.2, 0.25) is 10.0 Å². The van der Waals surface area contributed by atoms with Gasteiger partial charge in [0.15, 0.2) is 5.60 Å². The molecule has 0 saturated carbocycles. The van der Waals surface area contributed by atoms with Gasteiger partial charge in [0.05, 0.1) is 11.1 Å². The molecule has 0 saturated heterocycles. The van der Waals surface area contributed by atoms with Crippen LogP contribution >= 0.6 is 0 Å². The van der Waals surface area contributed by atoms with E-state index in [1.807, 2.05) is 36.6 Å². The molecule has 4 N–H and O–H groups in total. The van der Waals surface area contributed by atoms with E-state index in [2.05, 4.69) is 10.5 Å². The molecule has 0 aliphatic heterocycles. The Morgan fingerprint density at radius 2 is 1.47 bits per heavy atom. The van der Waals surface area contributed by atoms with Gasteiger partial charge in [-0.3, -0.25) is 4.79 Å². The lowest BCUT2D eigenvalue weighted by molar-refractivity contribution is -0.136. The summed E-state index contributed by atoms with van der Waals surface area (Å²) in [6.07, 6.45) is 1.51. The Hall–Kier alpha value is -4.05. The molecule has 1 heterocycles. The number of nitrogens with one attached hydrogen (secondary N) is 1. The highest BCUT2D eigenvalue weighted by atomic mass is 32.2. The Kier molecular flexibility index (Phi) is 6.89. The molecule has 1 amide bonds. The summed E-state index contributed by atoms with van der Waals surface area (Å²) in [6, 6.07) is 25.5. The summed E-state index contributed by atoms with van der Waals surface area (Å²) in [5, 5.41) is 20.8. The fourth-order valence-electron chi connectivity index (χ4n) is 4.13. The number of amides is 1. The maximum absolute atomic E-state index is 13.2. The zero-order valence-corrected chi connectivity index (χ0v) is 20.6. The maximum Gasteiger partial charge on any atom is 0.281 e. The predicted octanol–water partition coefficient (Wildman–Crippen LogP) is 3.13. The highest BCUT2D eigenvalue weighted by molar-refractivity contribution is 7.89. The van der Waals surface area contributed by atoms with E-state index in [-0.39, 0.29) is 4.90 Å². The zero-order chi connectivity index (χ0) is 25.9. The molecule has 8 nitrogen and oxygen atoms in total. The average molecular weight is 503 g/mol. The van der Waals surface area contributed by atoms with Crippen LogP contribution in [0, 0.1) is 13.8 Å². The van der Waals surface area contributed by atoms with E-state index in [1.165, 1.54) is 18.3 Å². The predicted molar refractivity (Wildman–Crippen MR) is 138 cm³/mol. The first-order chi connectivity index (χ1) is 17.1. The minimum absolute atomic E-state index is 0.0301. The number of nitrogens with two attached hydrogens (primary N) is 1. The Bertz CT molecular complexity index is 1470. The number of aliphatic hydroxyl groups is 1. The maximum atomic E-state index is 13.2. The molecule has 0 spiro atoms. The lowest BCUT2D eigenvalue weighted by Crippen LogP contribution is -2.43. The van der Waals surface area contributed by atoms with Crippen LogP contribution < -0.4 is 10.6 Å². The largest absolute Gasteiger partial charge is 0.372 e. The third-order valence-corrected chi connectivity index (χ3v) is 6.90. The quantitative estimate of drug-likeness (QED) is 0.265. The monoisotopic (exact) mass is 502 g/mol. The first kappa shape index (κ1) is 25.1. The fourth-order valence-corrected chi connectivity index (χ4v) is 4.64. The lowest BCUT2D eigenvalue weighted by Gasteiger charge is -2.27. The van der Waals surface area contributed by atoms with Crippen LogP contribution in [-0.2, 0) is 20.4 Å². The first-order valence-electron chi connectivity index (χ1n) is 11.1. The van der Waals surface area contributed by atoms with Crippen molar-refractivity contribution >= 4 is 22.1 Å². The number of sulfonamides is 1. The zero-order valence-electron chi connectivity index (χ0n) is 19.8. The lowest BCUT2D eigenvalue weighted by atomic mass is 9.85. The molecule has 1 aromatic heterocycles. The molecule has 0 fully saturated rings. The second-order valence-corrected chi connectivity index (χ2v) is 9.90. The van der Waals surface area contributed by atoms with Gasteiger partial charge in [0.1, 0.15) is 0 Å². The minimum atomic E-state index is -3.78. The van der Waals surface area contributed by atoms with E-state index >= 15 is 0 Å². The van der Waals surface area contributed by atoms with Crippen molar-refractivity contribution in [1.82, 2.24) is 9.99 Å². The molecule has 9 heteroatoms. The molecule has 0 aliphatic carbocycles. The van der Waals surface area contributed by atoms with Crippen LogP contribution in [0.15, 0.2) is 101 Å². The number of aryl methyl sites for hydroxylation is 1. The van der Waals surface area contributed by atoms with Gasteiger partial charge in [-0.15, -0.1) is 0 Å². The van der Waals surface area contributed by atoms with E-state index in [0.717, 1.165) is 22.6 Å². The summed E-state index contributed by atoms with van der Waals surface area (Å²) >= 11 is 0. The first-order valence-corrected chi connectivity index (χ1v) is 12.7. The molecule has 0 bridgehead atoms. The highest BCUT2D eigenvalue weighted by Gasteiger charge is 2.39. The smallest absolute Gasteiger partial charge is 0.281 e. The van der Waals surface area contributed by atoms with Crippen LogP contribution in [0.2, 0.25) is 0 Å². The van der Waals surface area contributed by atoms with Crippen molar-refractivity contribution in [1.29, 1.82) is 0 Å². The normalized spacial score (nSPS) is 12.1. The van der Waals surface area contributed by atoms with Gasteiger partial charge in [-0.05, 0) is 55.3 Å². The number of primary sulfonamides is 1. The third kappa shape index (κ3) is 4.85. The number of carbonyl (C=O) groups is 1. The topological polar surface area (TPSA) is 127 Å². The van der Waals surface area contributed by atoms with Gasteiger partial charge in [-0.1, -0.05) is 60.7 Å². The summed E-state index contributed by atoms with van der Waals surface area (Å²) < 4.78 is 25.0. The fraction of sp³-hybridized carbons (Fsp3) is 0.111. The van der Waals surface area contributed by atoms with Crippen LogP contribution in [0.5, 0.6) is 0 Å². The van der Waals surface area contributed by atoms with E-state index in [4.69, 9.17) is 5.14 Å². The minimum Gasteiger partial charge on any atom is -0.372 e. The Labute approximate surface area is 209 Å². The molecule has 4 aromatic rings. The Morgan fingerprint density at radius 1 is 0.944 bits per heavy atom. The molecule has 4 rings (SSSR count). The van der Waals surface area contributed by atoms with Crippen molar-refractivity contribution in [3.63, 3.8) is 0 Å². The molecule has 36 heavy (non-hydrogen) atoms. The summed E-state index contributed by atoms with van der Waals surface area (Å²) in [5.74, 6) is -0.691. The molecule has 0 aliphatic rings. The van der Waals surface area contributed by atoms with Crippen LogP contribution in [0.1, 0.15) is 28.1 Å². The molecule has 184 valence electrons. The van der Waals surface area contributed by atoms with Crippen molar-refractivity contribution in [2.45, 2.75) is 24.3 Å². The number of benzene rings is 3. The van der Waals surface area contributed by atoms with Gasteiger partial charge in [-0.2, -0.15) is 5.10 Å². The van der Waals surface area contributed by atoms with E-state index < -0.39 is 21.5 Å². The van der Waals surface area contributed by atoms with Crippen molar-refractivity contribution in [3.8, 4) is 5.69 Å². The number of carbonyl (C=O) groups excluding carboxylic acids is 1. The van der Waals surface area contributed by atoms with Gasteiger partial charge < -0.3 is 9.67 Å². The summed E-state index contributed by atoms with van der Waals surface area (Å²) in [7, 11) is -3.78. The number of hydrazone groups is 1. The number of nitrogens with zero attached hydrogens (tertiary/aromatic N) is 2. The Morgan fingerprint density at radius 3 is 1.97 bits per heavy atom. The van der Waals surface area contributed by atoms with Crippen LogP contribution in [0.3, 0.4) is 0 Å². The van der Waals surface area contributed by atoms with E-state index in [9.17, 15) is 18.3 Å². The van der Waals surface area contributed by atoms with Crippen molar-refractivity contribution in [3.05, 3.63) is 119 Å². The van der Waals surface area contributed by atoms with Crippen LogP contribution in [-0.4, -0.2) is 30.2 Å². The molecule has 3 aromatic carbocycles. The summed E-state index contributed by atoms with van der Waals surface area (Å²) in [4.78, 5) is 13.2. The van der Waals surface area contributed by atoms with Crippen molar-refractivity contribution in [2.75, 3.05) is 0 Å². The van der Waals surface area contributed by atoms with Gasteiger partial charge in [0, 0.05) is 22.6 Å². The summed E-state index contributed by atoms with van der Waals surface area (Å²) in [5.41, 5.74) is 4.60. The number of rotatable bonds is 7. The number of hydrogen-bond acceptors (Lipinski definition) is 5.